The molecule has 0 aromatic heterocycles. The number of carbonyl (C=O) groups is 3. The van der Waals surface area contributed by atoms with E-state index in [4.69, 9.17) is 32.7 Å². The number of nitrogens with one attached hydrogen (secondary N) is 1. The van der Waals surface area contributed by atoms with Crippen molar-refractivity contribution >= 4 is 75.4 Å². The van der Waals surface area contributed by atoms with Crippen LogP contribution in [-0.4, -0.2) is 25.0 Å². The number of rotatable bonds is 6. The number of anilines is 1. The van der Waals surface area contributed by atoms with Gasteiger partial charge in [0.15, 0.2) is 11.5 Å². The molecule has 178 valence electrons. The van der Waals surface area contributed by atoms with Crippen LogP contribution in [0.4, 0.5) is 10.5 Å². The van der Waals surface area contributed by atoms with Crippen LogP contribution in [0.25, 0.3) is 6.08 Å². The first-order valence-corrected chi connectivity index (χ1v) is 12.0. The number of imide groups is 2. The van der Waals surface area contributed by atoms with Gasteiger partial charge in [-0.15, -0.1) is 0 Å². The van der Waals surface area contributed by atoms with E-state index in [1.54, 1.807) is 60.7 Å². The van der Waals surface area contributed by atoms with Crippen molar-refractivity contribution in [3.05, 3.63) is 91.0 Å². The predicted octanol–water partition coefficient (Wildman–Crippen LogP) is 5.85. The fourth-order valence-electron chi connectivity index (χ4n) is 3.39. The monoisotopic (exact) mass is 622 g/mol. The third-order valence-electron chi connectivity index (χ3n) is 5.07. The Morgan fingerprint density at radius 3 is 2.46 bits per heavy atom. The highest BCUT2D eigenvalue weighted by Crippen LogP contribution is 2.36. The van der Waals surface area contributed by atoms with E-state index >= 15 is 0 Å². The molecule has 0 unspecified atom stereocenters. The first-order chi connectivity index (χ1) is 16.8. The number of methoxy groups -OCH3 is 1. The van der Waals surface area contributed by atoms with Gasteiger partial charge in [-0.2, -0.15) is 0 Å². The van der Waals surface area contributed by atoms with Gasteiger partial charge in [0, 0.05) is 15.6 Å². The van der Waals surface area contributed by atoms with E-state index in [0.29, 0.717) is 36.4 Å². The quantitative estimate of drug-likeness (QED) is 0.212. The van der Waals surface area contributed by atoms with E-state index in [2.05, 4.69) is 27.9 Å². The molecule has 1 heterocycles. The highest BCUT2D eigenvalue weighted by molar-refractivity contribution is 14.1. The van der Waals surface area contributed by atoms with Crippen LogP contribution in [-0.2, 0) is 16.2 Å². The lowest BCUT2D eigenvalue weighted by molar-refractivity contribution is -0.122. The molecule has 35 heavy (non-hydrogen) atoms. The van der Waals surface area contributed by atoms with Crippen molar-refractivity contribution in [2.75, 3.05) is 12.0 Å². The molecule has 3 aromatic rings. The van der Waals surface area contributed by atoms with Crippen molar-refractivity contribution < 1.29 is 23.9 Å². The van der Waals surface area contributed by atoms with Gasteiger partial charge in [-0.05, 0) is 70.6 Å². The Labute approximate surface area is 224 Å². The third kappa shape index (κ3) is 5.44. The van der Waals surface area contributed by atoms with Gasteiger partial charge in [-0.25, -0.2) is 9.69 Å². The van der Waals surface area contributed by atoms with Crippen LogP contribution in [0.5, 0.6) is 11.5 Å². The second-order valence-electron chi connectivity index (χ2n) is 7.35. The molecule has 4 rings (SSSR count). The van der Waals surface area contributed by atoms with E-state index in [1.807, 2.05) is 0 Å². The Morgan fingerprint density at radius 2 is 1.77 bits per heavy atom. The summed E-state index contributed by atoms with van der Waals surface area (Å²) in [7, 11) is 1.48. The van der Waals surface area contributed by atoms with Crippen molar-refractivity contribution in [3.63, 3.8) is 0 Å². The lowest BCUT2D eigenvalue weighted by atomic mass is 10.1. The largest absolute Gasteiger partial charge is 0.493 e. The van der Waals surface area contributed by atoms with Crippen LogP contribution in [0, 0.1) is 3.57 Å². The Hall–Kier alpha value is -3.08. The zero-order chi connectivity index (χ0) is 25.1. The minimum Gasteiger partial charge on any atom is -0.493 e. The van der Waals surface area contributed by atoms with Gasteiger partial charge < -0.3 is 9.47 Å². The summed E-state index contributed by atoms with van der Waals surface area (Å²) in [6.45, 7) is 0.178. The Morgan fingerprint density at radius 1 is 1.03 bits per heavy atom. The van der Waals surface area contributed by atoms with Crippen LogP contribution in [0.2, 0.25) is 10.0 Å². The number of hydrogen-bond acceptors (Lipinski definition) is 5. The number of barbiturate groups is 1. The zero-order valence-corrected chi connectivity index (χ0v) is 21.8. The Balaban J connectivity index is 1.64. The number of hydrogen-bond donors (Lipinski definition) is 1. The van der Waals surface area contributed by atoms with Gasteiger partial charge in [0.25, 0.3) is 11.8 Å². The molecule has 7 nitrogen and oxygen atoms in total. The summed E-state index contributed by atoms with van der Waals surface area (Å²) in [5, 5.41) is 3.21. The van der Waals surface area contributed by atoms with Crippen molar-refractivity contribution in [1.82, 2.24) is 5.32 Å². The minimum absolute atomic E-state index is 0.178. The zero-order valence-electron chi connectivity index (χ0n) is 18.2. The fourth-order valence-corrected chi connectivity index (χ4v) is 4.63. The summed E-state index contributed by atoms with van der Waals surface area (Å²) in [5.41, 5.74) is 1.43. The van der Waals surface area contributed by atoms with Gasteiger partial charge in [0.1, 0.15) is 12.2 Å². The number of urea groups is 1. The lowest BCUT2D eigenvalue weighted by Crippen LogP contribution is -2.54. The summed E-state index contributed by atoms with van der Waals surface area (Å²) in [6, 6.07) is 16.1. The topological polar surface area (TPSA) is 84.9 Å². The van der Waals surface area contributed by atoms with Crippen LogP contribution < -0.4 is 19.7 Å². The van der Waals surface area contributed by atoms with Crippen molar-refractivity contribution in [2.45, 2.75) is 6.61 Å². The number of ether oxygens (including phenoxy) is 2. The first kappa shape index (κ1) is 25.0. The maximum atomic E-state index is 13.1. The smallest absolute Gasteiger partial charge is 0.335 e. The minimum atomic E-state index is -0.805. The van der Waals surface area contributed by atoms with E-state index < -0.39 is 17.8 Å². The fraction of sp³-hybridized carbons (Fsp3) is 0.0800. The molecule has 1 fully saturated rings. The molecule has 0 spiro atoms. The average molecular weight is 623 g/mol. The van der Waals surface area contributed by atoms with E-state index in [-0.39, 0.29) is 12.2 Å². The van der Waals surface area contributed by atoms with Gasteiger partial charge in [-0.1, -0.05) is 47.5 Å². The molecule has 1 N–H and O–H groups in total. The SMILES string of the molecule is COc1cc(/C=C2/C(=O)NC(=O)N(c3ccccc3)C2=O)cc(I)c1OCc1ccc(Cl)cc1Cl. The molecule has 3 aromatic carbocycles. The van der Waals surface area contributed by atoms with Gasteiger partial charge in [-0.3, -0.25) is 14.9 Å². The maximum Gasteiger partial charge on any atom is 0.335 e. The third-order valence-corrected chi connectivity index (χ3v) is 6.45. The van der Waals surface area contributed by atoms with E-state index in [9.17, 15) is 14.4 Å². The second-order valence-corrected chi connectivity index (χ2v) is 9.36. The molecule has 0 bridgehead atoms. The summed E-state index contributed by atoms with van der Waals surface area (Å²) >= 11 is 14.3. The van der Waals surface area contributed by atoms with Crippen LogP contribution in [0.3, 0.4) is 0 Å². The number of nitrogens with zero attached hydrogens (tertiary/aromatic N) is 1. The summed E-state index contributed by atoms with van der Waals surface area (Å²) in [5.74, 6) is -0.634. The van der Waals surface area contributed by atoms with E-state index in [0.717, 1.165) is 10.5 Å². The molecule has 4 amide bonds. The highest BCUT2D eigenvalue weighted by Gasteiger charge is 2.36. The standard InChI is InChI=1S/C25H17Cl2IN2O5/c1-34-21-11-14(10-20(28)22(21)35-13-15-7-8-16(26)12-19(15)27)9-18-23(31)29-25(33)30(24(18)32)17-5-3-2-4-6-17/h2-12H,13H2,1H3,(H,29,31,33)/b18-9-. The number of para-hydroxylation sites is 1. The molecular formula is C25H17Cl2IN2O5. The van der Waals surface area contributed by atoms with E-state index in [1.165, 1.54) is 13.2 Å². The van der Waals surface area contributed by atoms with Crippen LogP contribution in [0.1, 0.15) is 11.1 Å². The van der Waals surface area contributed by atoms with Crippen molar-refractivity contribution in [2.24, 2.45) is 0 Å². The number of amides is 4. The molecule has 0 radical (unpaired) electrons. The average Bonchev–Trinajstić information content (AvgIpc) is 2.82. The molecule has 1 aliphatic rings. The Bertz CT molecular complexity index is 1360. The molecule has 0 atom stereocenters. The molecule has 10 heteroatoms. The van der Waals surface area contributed by atoms with Crippen LogP contribution in [0.15, 0.2) is 66.2 Å². The molecule has 1 aliphatic heterocycles. The lowest BCUT2D eigenvalue weighted by Gasteiger charge is -2.26. The van der Waals surface area contributed by atoms with Gasteiger partial charge >= 0.3 is 6.03 Å². The van der Waals surface area contributed by atoms with Crippen molar-refractivity contribution in [3.8, 4) is 11.5 Å². The molecule has 1 saturated heterocycles. The summed E-state index contributed by atoms with van der Waals surface area (Å²) in [4.78, 5) is 38.8. The molecule has 0 aliphatic carbocycles. The van der Waals surface area contributed by atoms with Gasteiger partial charge in [0.2, 0.25) is 0 Å². The van der Waals surface area contributed by atoms with Crippen LogP contribution >= 0.6 is 45.8 Å². The maximum absolute atomic E-state index is 13.1. The molecular weight excluding hydrogens is 606 g/mol. The predicted molar refractivity (Wildman–Crippen MR) is 142 cm³/mol. The number of benzene rings is 3. The van der Waals surface area contributed by atoms with Gasteiger partial charge in [0.05, 0.1) is 16.4 Å². The highest BCUT2D eigenvalue weighted by atomic mass is 127. The summed E-state index contributed by atoms with van der Waals surface area (Å²) < 4.78 is 12.1. The van der Waals surface area contributed by atoms with Crippen molar-refractivity contribution in [1.29, 1.82) is 0 Å². The number of carbonyl (C=O) groups excluding carboxylic acids is 3. The second kappa shape index (κ2) is 10.7. The summed E-state index contributed by atoms with van der Waals surface area (Å²) in [6.07, 6.45) is 1.41. The Kier molecular flexibility index (Phi) is 7.63. The first-order valence-electron chi connectivity index (χ1n) is 10.2. The normalized spacial score (nSPS) is 14.8. The number of halogens is 3. The molecule has 0 saturated carbocycles.